The minimum atomic E-state index is -0.644. The van der Waals surface area contributed by atoms with Crippen LogP contribution in [0.1, 0.15) is 12.6 Å². The summed E-state index contributed by atoms with van der Waals surface area (Å²) in [6.07, 6.45) is 2.45. The Kier molecular flexibility index (Phi) is 4.07. The molecule has 0 aliphatic carbocycles. The normalized spacial score (nSPS) is 10.9. The van der Waals surface area contributed by atoms with Crippen molar-refractivity contribution in [1.29, 1.82) is 5.26 Å². The van der Waals surface area contributed by atoms with Crippen LogP contribution in [0.25, 0.3) is 5.57 Å². The number of nitrogens with zero attached hydrogens (tertiary/aromatic N) is 2. The highest BCUT2D eigenvalue weighted by molar-refractivity contribution is 6.30. The Bertz CT molecular complexity index is 426. The highest BCUT2D eigenvalue weighted by atomic mass is 35.5. The lowest BCUT2D eigenvalue weighted by Gasteiger charge is -2.01. The zero-order chi connectivity index (χ0) is 11.3. The van der Waals surface area contributed by atoms with Crippen LogP contribution in [0.4, 0.5) is 4.39 Å². The molecule has 78 valence electrons. The Morgan fingerprint density at radius 1 is 1.80 bits per heavy atom. The molecule has 0 saturated carbocycles. The lowest BCUT2D eigenvalue weighted by Crippen LogP contribution is -1.94. The Balaban J connectivity index is 3.09. The molecule has 1 rings (SSSR count). The van der Waals surface area contributed by atoms with Crippen LogP contribution in [0.3, 0.4) is 0 Å². The summed E-state index contributed by atoms with van der Waals surface area (Å²) in [5, 5.41) is 8.95. The van der Waals surface area contributed by atoms with Crippen LogP contribution >= 0.6 is 11.6 Å². The molecule has 15 heavy (non-hydrogen) atoms. The van der Waals surface area contributed by atoms with E-state index in [1.54, 1.807) is 13.0 Å². The van der Waals surface area contributed by atoms with Gasteiger partial charge in [0.1, 0.15) is 23.6 Å². The molecule has 0 saturated heterocycles. The van der Waals surface area contributed by atoms with E-state index in [0.717, 1.165) is 6.07 Å². The molecule has 1 aromatic heterocycles. The molecule has 1 heterocycles. The van der Waals surface area contributed by atoms with Gasteiger partial charge in [0.2, 0.25) is 0 Å². The van der Waals surface area contributed by atoms with Gasteiger partial charge in [0, 0.05) is 6.20 Å². The second-order valence-electron chi connectivity index (χ2n) is 2.58. The maximum absolute atomic E-state index is 13.3. The molecule has 5 heteroatoms. The van der Waals surface area contributed by atoms with Crippen LogP contribution in [0.15, 0.2) is 18.5 Å². The second-order valence-corrected chi connectivity index (χ2v) is 3.02. The molecule has 0 amide bonds. The SMILES string of the molecule is CCO/C=C(\C#N)c1ncc(Cl)cc1F. The second kappa shape index (κ2) is 5.32. The van der Waals surface area contributed by atoms with Crippen molar-refractivity contribution in [2.24, 2.45) is 0 Å². The summed E-state index contributed by atoms with van der Waals surface area (Å²) in [7, 11) is 0. The van der Waals surface area contributed by atoms with E-state index in [1.807, 2.05) is 0 Å². The van der Waals surface area contributed by atoms with Crippen molar-refractivity contribution in [1.82, 2.24) is 4.98 Å². The Morgan fingerprint density at radius 2 is 2.53 bits per heavy atom. The fourth-order valence-electron chi connectivity index (χ4n) is 0.915. The first-order chi connectivity index (χ1) is 7.19. The van der Waals surface area contributed by atoms with Gasteiger partial charge in [0.15, 0.2) is 5.82 Å². The third-order valence-electron chi connectivity index (χ3n) is 1.55. The van der Waals surface area contributed by atoms with Gasteiger partial charge in [-0.2, -0.15) is 5.26 Å². The fourth-order valence-corrected chi connectivity index (χ4v) is 1.06. The average Bonchev–Trinajstić information content (AvgIpc) is 2.21. The number of pyridine rings is 1. The van der Waals surface area contributed by atoms with Crippen molar-refractivity contribution in [3.8, 4) is 6.07 Å². The predicted molar refractivity (Wildman–Crippen MR) is 54.4 cm³/mol. The van der Waals surface area contributed by atoms with Gasteiger partial charge in [-0.25, -0.2) is 4.39 Å². The van der Waals surface area contributed by atoms with Crippen LogP contribution in [0.5, 0.6) is 0 Å². The molecule has 0 aliphatic heterocycles. The summed E-state index contributed by atoms with van der Waals surface area (Å²) in [6.45, 7) is 2.16. The molecule has 0 aromatic carbocycles. The number of halogens is 2. The van der Waals surface area contributed by atoms with Gasteiger partial charge in [0.25, 0.3) is 0 Å². The van der Waals surface area contributed by atoms with Gasteiger partial charge >= 0.3 is 0 Å². The molecule has 0 spiro atoms. The fraction of sp³-hybridized carbons (Fsp3) is 0.200. The summed E-state index contributed by atoms with van der Waals surface area (Å²) in [6, 6.07) is 2.90. The third kappa shape index (κ3) is 2.93. The topological polar surface area (TPSA) is 45.9 Å². The van der Waals surface area contributed by atoms with Crippen molar-refractivity contribution >= 4 is 17.2 Å². The lowest BCUT2D eigenvalue weighted by atomic mass is 10.2. The molecule has 0 bridgehead atoms. The number of hydrogen-bond donors (Lipinski definition) is 0. The number of allylic oxidation sites excluding steroid dienone is 1. The minimum Gasteiger partial charge on any atom is -0.500 e. The van der Waals surface area contributed by atoms with Gasteiger partial charge in [-0.3, -0.25) is 4.98 Å². The summed E-state index contributed by atoms with van der Waals surface area (Å²) in [4.78, 5) is 3.72. The van der Waals surface area contributed by atoms with Crippen molar-refractivity contribution in [2.75, 3.05) is 6.61 Å². The van der Waals surface area contributed by atoms with Crippen LogP contribution in [0.2, 0.25) is 5.02 Å². The Hall–Kier alpha value is -1.60. The first kappa shape index (κ1) is 11.5. The molecule has 0 aliphatic rings. The largest absolute Gasteiger partial charge is 0.500 e. The van der Waals surface area contributed by atoms with E-state index in [4.69, 9.17) is 21.6 Å². The molecule has 0 unspecified atom stereocenters. The average molecular weight is 227 g/mol. The van der Waals surface area contributed by atoms with E-state index >= 15 is 0 Å². The van der Waals surface area contributed by atoms with E-state index in [9.17, 15) is 4.39 Å². The van der Waals surface area contributed by atoms with E-state index in [0.29, 0.717) is 6.61 Å². The van der Waals surface area contributed by atoms with E-state index in [2.05, 4.69) is 4.98 Å². The molecular formula is C10H8ClFN2O. The van der Waals surface area contributed by atoms with Gasteiger partial charge < -0.3 is 4.74 Å². The molecule has 0 atom stereocenters. The third-order valence-corrected chi connectivity index (χ3v) is 1.76. The number of hydrogen-bond acceptors (Lipinski definition) is 3. The quantitative estimate of drug-likeness (QED) is 0.588. The number of ether oxygens (including phenoxy) is 1. The maximum atomic E-state index is 13.3. The van der Waals surface area contributed by atoms with Crippen molar-refractivity contribution in [2.45, 2.75) is 6.92 Å². The highest BCUT2D eigenvalue weighted by Crippen LogP contribution is 2.18. The number of nitriles is 1. The molecular weight excluding hydrogens is 219 g/mol. The zero-order valence-electron chi connectivity index (χ0n) is 8.00. The minimum absolute atomic E-state index is 0.0333. The van der Waals surface area contributed by atoms with Crippen LogP contribution in [-0.2, 0) is 4.74 Å². The van der Waals surface area contributed by atoms with Gasteiger partial charge in [-0.05, 0) is 13.0 Å². The van der Waals surface area contributed by atoms with Crippen molar-refractivity contribution in [3.05, 3.63) is 35.1 Å². The number of rotatable bonds is 3. The van der Waals surface area contributed by atoms with Crippen LogP contribution in [-0.4, -0.2) is 11.6 Å². The maximum Gasteiger partial charge on any atom is 0.151 e. The first-order valence-corrected chi connectivity index (χ1v) is 4.60. The molecule has 3 nitrogen and oxygen atoms in total. The van der Waals surface area contributed by atoms with E-state index in [1.165, 1.54) is 12.5 Å². The Morgan fingerprint density at radius 3 is 3.07 bits per heavy atom. The van der Waals surface area contributed by atoms with Crippen molar-refractivity contribution < 1.29 is 9.13 Å². The Labute approximate surface area is 91.8 Å². The van der Waals surface area contributed by atoms with E-state index < -0.39 is 5.82 Å². The van der Waals surface area contributed by atoms with Crippen LogP contribution < -0.4 is 0 Å². The molecule has 0 N–H and O–H groups in total. The first-order valence-electron chi connectivity index (χ1n) is 4.22. The monoisotopic (exact) mass is 226 g/mol. The molecule has 0 radical (unpaired) electrons. The lowest BCUT2D eigenvalue weighted by molar-refractivity contribution is 0.271. The summed E-state index contributed by atoms with van der Waals surface area (Å²) in [5.41, 5.74) is -0.0265. The van der Waals surface area contributed by atoms with Crippen molar-refractivity contribution in [3.63, 3.8) is 0 Å². The zero-order valence-corrected chi connectivity index (χ0v) is 8.75. The summed E-state index contributed by atoms with van der Waals surface area (Å²) >= 11 is 5.53. The van der Waals surface area contributed by atoms with E-state index in [-0.39, 0.29) is 16.3 Å². The smallest absolute Gasteiger partial charge is 0.151 e. The highest BCUT2D eigenvalue weighted by Gasteiger charge is 2.10. The summed E-state index contributed by atoms with van der Waals surface area (Å²) < 4.78 is 18.2. The number of aromatic nitrogens is 1. The standard InChI is InChI=1S/C10H8ClFN2O/c1-2-15-6-7(4-13)10-9(12)3-8(11)5-14-10/h3,5-6H,2H2,1H3/b7-6+. The van der Waals surface area contributed by atoms with Gasteiger partial charge in [0.05, 0.1) is 11.6 Å². The molecule has 1 aromatic rings. The van der Waals surface area contributed by atoms with Gasteiger partial charge in [-0.15, -0.1) is 0 Å². The van der Waals surface area contributed by atoms with Gasteiger partial charge in [-0.1, -0.05) is 11.6 Å². The molecule has 0 fully saturated rings. The van der Waals surface area contributed by atoms with Crippen LogP contribution in [0, 0.1) is 17.1 Å². The summed E-state index contributed by atoms with van der Waals surface area (Å²) in [5.74, 6) is -0.644. The predicted octanol–water partition coefficient (Wildman–Crippen LogP) is 2.78.